The van der Waals surface area contributed by atoms with Crippen molar-refractivity contribution in [3.63, 3.8) is 0 Å². The number of thioether (sulfide) groups is 1. The topological polar surface area (TPSA) is 70.7 Å². The minimum atomic E-state index is -0.232. The molecule has 2 heterocycles. The van der Waals surface area contributed by atoms with Crippen LogP contribution in [0.5, 0.6) is 0 Å². The van der Waals surface area contributed by atoms with Crippen LogP contribution in [0, 0.1) is 6.92 Å². The molecule has 1 unspecified atom stereocenters. The Labute approximate surface area is 159 Å². The summed E-state index contributed by atoms with van der Waals surface area (Å²) in [6, 6.07) is 14.0. The van der Waals surface area contributed by atoms with Crippen LogP contribution in [0.1, 0.15) is 18.9 Å². The molecule has 132 valence electrons. The summed E-state index contributed by atoms with van der Waals surface area (Å²) in [4.78, 5) is 25.0. The van der Waals surface area contributed by atoms with Gasteiger partial charge in [-0.2, -0.15) is 0 Å². The molecular weight excluding hydrogens is 364 g/mol. The Hall–Kier alpha value is -2.38. The lowest BCUT2D eigenvalue weighted by Gasteiger charge is -2.11. The van der Waals surface area contributed by atoms with Gasteiger partial charge in [0.15, 0.2) is 10.3 Å². The molecule has 0 radical (unpaired) electrons. The molecule has 0 spiro atoms. The average Bonchev–Trinajstić information content (AvgIpc) is 3.21. The summed E-state index contributed by atoms with van der Waals surface area (Å²) in [6.45, 7) is 4.05. The highest BCUT2D eigenvalue weighted by Gasteiger charge is 2.21. The third-order valence-corrected chi connectivity index (χ3v) is 6.24. The van der Waals surface area contributed by atoms with Gasteiger partial charge in [-0.15, -0.1) is 0 Å². The van der Waals surface area contributed by atoms with E-state index in [1.807, 2.05) is 43.3 Å². The molecule has 0 fully saturated rings. The van der Waals surface area contributed by atoms with Gasteiger partial charge in [-0.25, -0.2) is 9.97 Å². The van der Waals surface area contributed by atoms with E-state index in [-0.39, 0.29) is 11.2 Å². The van der Waals surface area contributed by atoms with Crippen molar-refractivity contribution in [2.24, 2.45) is 0 Å². The Balaban J connectivity index is 1.50. The zero-order valence-corrected chi connectivity index (χ0v) is 16.1. The third kappa shape index (κ3) is 3.45. The fraction of sp³-hybridized carbons (Fsp3) is 0.211. The van der Waals surface area contributed by atoms with Gasteiger partial charge in [0.05, 0.1) is 26.5 Å². The molecular formula is C19H18N4OS2. The summed E-state index contributed by atoms with van der Waals surface area (Å²) in [5, 5.41) is 4.13. The maximum Gasteiger partial charge on any atom is 0.239 e. The molecule has 4 aromatic rings. The van der Waals surface area contributed by atoms with Crippen molar-refractivity contribution in [3.8, 4) is 0 Å². The Kier molecular flexibility index (Phi) is 4.65. The van der Waals surface area contributed by atoms with Gasteiger partial charge in [-0.05, 0) is 43.2 Å². The number of nitrogens with zero attached hydrogens (tertiary/aromatic N) is 2. The van der Waals surface area contributed by atoms with Gasteiger partial charge in [0.25, 0.3) is 0 Å². The maximum absolute atomic E-state index is 12.7. The summed E-state index contributed by atoms with van der Waals surface area (Å²) in [5.41, 5.74) is 3.98. The van der Waals surface area contributed by atoms with Crippen molar-refractivity contribution in [2.75, 3.05) is 5.32 Å². The SMILES string of the molecule is CCC(Sc1nc2ccccc2[nH]1)C(=O)Nc1nc2ccc(C)cc2s1. The number of aromatic nitrogens is 3. The van der Waals surface area contributed by atoms with Crippen LogP contribution < -0.4 is 5.32 Å². The van der Waals surface area contributed by atoms with E-state index in [0.29, 0.717) is 11.6 Å². The first-order valence-electron chi connectivity index (χ1n) is 8.42. The number of amides is 1. The number of imidazole rings is 1. The molecule has 26 heavy (non-hydrogen) atoms. The normalized spacial score (nSPS) is 12.5. The summed E-state index contributed by atoms with van der Waals surface area (Å²) in [6.07, 6.45) is 0.706. The summed E-state index contributed by atoms with van der Waals surface area (Å²) >= 11 is 2.95. The van der Waals surface area contributed by atoms with Crippen LogP contribution in [0.2, 0.25) is 0 Å². The number of carbonyl (C=O) groups excluding carboxylic acids is 1. The lowest BCUT2D eigenvalue weighted by Crippen LogP contribution is -2.24. The van der Waals surface area contributed by atoms with Gasteiger partial charge in [0, 0.05) is 0 Å². The predicted molar refractivity (Wildman–Crippen MR) is 109 cm³/mol. The quantitative estimate of drug-likeness (QED) is 0.477. The van der Waals surface area contributed by atoms with E-state index in [9.17, 15) is 4.79 Å². The predicted octanol–water partition coefficient (Wildman–Crippen LogP) is 4.99. The molecule has 2 aromatic carbocycles. The molecule has 1 amide bonds. The Morgan fingerprint density at radius 3 is 2.88 bits per heavy atom. The highest BCUT2D eigenvalue weighted by Crippen LogP contribution is 2.29. The van der Waals surface area contributed by atoms with E-state index in [1.165, 1.54) is 28.7 Å². The first-order valence-corrected chi connectivity index (χ1v) is 10.1. The second kappa shape index (κ2) is 7.09. The van der Waals surface area contributed by atoms with Crippen molar-refractivity contribution in [2.45, 2.75) is 30.7 Å². The number of anilines is 1. The van der Waals surface area contributed by atoms with Crippen LogP contribution in [0.15, 0.2) is 47.6 Å². The average molecular weight is 383 g/mol. The minimum Gasteiger partial charge on any atom is -0.333 e. The van der Waals surface area contributed by atoms with Crippen molar-refractivity contribution < 1.29 is 4.79 Å². The molecule has 0 bridgehead atoms. The zero-order valence-electron chi connectivity index (χ0n) is 14.4. The fourth-order valence-electron chi connectivity index (χ4n) is 2.71. The van der Waals surface area contributed by atoms with Gasteiger partial charge < -0.3 is 10.3 Å². The fourth-order valence-corrected chi connectivity index (χ4v) is 4.60. The molecule has 0 aliphatic carbocycles. The monoisotopic (exact) mass is 382 g/mol. The summed E-state index contributed by atoms with van der Waals surface area (Å²) in [7, 11) is 0. The largest absolute Gasteiger partial charge is 0.333 e. The van der Waals surface area contributed by atoms with Crippen LogP contribution in [-0.2, 0) is 4.79 Å². The van der Waals surface area contributed by atoms with Crippen molar-refractivity contribution >= 4 is 55.4 Å². The molecule has 7 heteroatoms. The highest BCUT2D eigenvalue weighted by molar-refractivity contribution is 8.00. The maximum atomic E-state index is 12.7. The van der Waals surface area contributed by atoms with E-state index < -0.39 is 0 Å². The number of nitrogens with one attached hydrogen (secondary N) is 2. The standard InChI is InChI=1S/C19H18N4OS2/c1-3-15(25-18-20-12-6-4-5-7-13(12)21-18)17(24)23-19-22-14-9-8-11(2)10-16(14)26-19/h4-10,15H,3H2,1-2H3,(H,20,21)(H,22,23,24). The number of aromatic amines is 1. The molecule has 2 N–H and O–H groups in total. The number of rotatable bonds is 5. The smallest absolute Gasteiger partial charge is 0.239 e. The van der Waals surface area contributed by atoms with E-state index >= 15 is 0 Å². The van der Waals surface area contributed by atoms with Crippen LogP contribution >= 0.6 is 23.1 Å². The van der Waals surface area contributed by atoms with Gasteiger partial charge in [0.1, 0.15) is 0 Å². The van der Waals surface area contributed by atoms with Gasteiger partial charge in [-0.3, -0.25) is 4.79 Å². The lowest BCUT2D eigenvalue weighted by atomic mass is 10.2. The summed E-state index contributed by atoms with van der Waals surface area (Å²) in [5.74, 6) is -0.0475. The lowest BCUT2D eigenvalue weighted by molar-refractivity contribution is -0.115. The molecule has 0 saturated carbocycles. The van der Waals surface area contributed by atoms with Gasteiger partial charge >= 0.3 is 0 Å². The second-order valence-electron chi connectivity index (χ2n) is 6.05. The minimum absolute atomic E-state index is 0.0475. The Morgan fingerprint density at radius 2 is 2.08 bits per heavy atom. The van der Waals surface area contributed by atoms with Crippen LogP contribution in [0.4, 0.5) is 5.13 Å². The van der Waals surface area contributed by atoms with Crippen molar-refractivity contribution in [1.29, 1.82) is 0 Å². The number of benzene rings is 2. The van der Waals surface area contributed by atoms with Crippen LogP contribution in [-0.4, -0.2) is 26.1 Å². The van der Waals surface area contributed by atoms with E-state index in [4.69, 9.17) is 0 Å². The van der Waals surface area contributed by atoms with Crippen molar-refractivity contribution in [1.82, 2.24) is 15.0 Å². The zero-order chi connectivity index (χ0) is 18.1. The Morgan fingerprint density at radius 1 is 1.23 bits per heavy atom. The number of carbonyl (C=O) groups is 1. The number of para-hydroxylation sites is 2. The molecule has 4 rings (SSSR count). The second-order valence-corrected chi connectivity index (χ2v) is 8.28. The molecule has 0 saturated heterocycles. The van der Waals surface area contributed by atoms with E-state index in [1.54, 1.807) is 0 Å². The number of fused-ring (bicyclic) bond motifs is 2. The van der Waals surface area contributed by atoms with E-state index in [0.717, 1.165) is 26.4 Å². The first-order chi connectivity index (χ1) is 12.6. The van der Waals surface area contributed by atoms with Crippen LogP contribution in [0.25, 0.3) is 21.3 Å². The molecule has 2 aromatic heterocycles. The third-order valence-electron chi connectivity index (χ3n) is 4.06. The number of H-pyrrole nitrogens is 1. The summed E-state index contributed by atoms with van der Waals surface area (Å²) < 4.78 is 1.08. The van der Waals surface area contributed by atoms with Crippen LogP contribution in [0.3, 0.4) is 0 Å². The number of aryl methyl sites for hydroxylation is 1. The van der Waals surface area contributed by atoms with Crippen molar-refractivity contribution in [3.05, 3.63) is 48.0 Å². The molecule has 0 aliphatic rings. The highest BCUT2D eigenvalue weighted by atomic mass is 32.2. The Bertz CT molecular complexity index is 1050. The first kappa shape index (κ1) is 17.1. The number of hydrogen-bond donors (Lipinski definition) is 2. The molecule has 0 aliphatic heterocycles. The molecule has 5 nitrogen and oxygen atoms in total. The van der Waals surface area contributed by atoms with Gasteiger partial charge in [-0.1, -0.05) is 48.2 Å². The molecule has 1 atom stereocenters. The number of hydrogen-bond acceptors (Lipinski definition) is 5. The van der Waals surface area contributed by atoms with Gasteiger partial charge in [0.2, 0.25) is 5.91 Å². The van der Waals surface area contributed by atoms with E-state index in [2.05, 4.69) is 33.3 Å². The number of thiazole rings is 1.